The van der Waals surface area contributed by atoms with Gasteiger partial charge in [0.2, 0.25) is 0 Å². The van der Waals surface area contributed by atoms with E-state index in [0.717, 1.165) is 0 Å². The van der Waals surface area contributed by atoms with Crippen LogP contribution in [0.5, 0.6) is 0 Å². The van der Waals surface area contributed by atoms with Crippen LogP contribution >= 0.6 is 0 Å². The molecule has 1 N–H and O–H groups in total. The Kier molecular flexibility index (Phi) is 10.5. The van der Waals surface area contributed by atoms with Crippen LogP contribution in [0.3, 0.4) is 0 Å². The van der Waals surface area contributed by atoms with E-state index in [1.807, 2.05) is 0 Å². The maximum Gasteiger partial charge on any atom is 0.411 e. The number of hydrogen-bond donors (Lipinski definition) is 1. The van der Waals surface area contributed by atoms with Crippen LogP contribution in [0.1, 0.15) is 54.9 Å². The third kappa shape index (κ3) is 9.74. The first kappa shape index (κ1) is 27.6. The minimum atomic E-state index is -1.91. The second-order valence-electron chi connectivity index (χ2n) is 9.79. The van der Waals surface area contributed by atoms with Crippen LogP contribution in [0.15, 0.2) is 24.3 Å². The Balaban J connectivity index is 5.35. The summed E-state index contributed by atoms with van der Waals surface area (Å²) in [6.45, 7) is 21.8. The molecule has 0 aliphatic rings. The molecule has 0 saturated carbocycles. The Hall–Kier alpha value is -1.44. The van der Waals surface area contributed by atoms with E-state index >= 15 is 0 Å². The molecule has 0 aromatic heterocycles. The van der Waals surface area contributed by atoms with Crippen LogP contribution in [-0.4, -0.2) is 61.6 Å². The second-order valence-corrected chi connectivity index (χ2v) is 14.6. The average Bonchev–Trinajstić information content (AvgIpc) is 2.51. The van der Waals surface area contributed by atoms with Crippen molar-refractivity contribution in [3.8, 4) is 0 Å². The normalized spacial score (nSPS) is 14.0. The standard InChI is InChI=1S/C22H41NO5Si/c1-11-12-18(25)15-23(20(26)28-21(3,4)5)19(16-24)17(2)13-14-27-29(9,10)22(6,7)8/h11-12,19,24H,2,13-16H2,1,3-10H3/b12-11+/t19-/m1/s1. The first-order chi connectivity index (χ1) is 13.1. The van der Waals surface area contributed by atoms with Crippen molar-refractivity contribution in [2.45, 2.75) is 84.7 Å². The van der Waals surface area contributed by atoms with E-state index in [1.54, 1.807) is 33.8 Å². The smallest absolute Gasteiger partial charge is 0.411 e. The lowest BCUT2D eigenvalue weighted by atomic mass is 10.0. The largest absolute Gasteiger partial charge is 0.444 e. The number of nitrogens with zero attached hydrogens (tertiary/aromatic N) is 1. The van der Waals surface area contributed by atoms with Crippen molar-refractivity contribution in [1.29, 1.82) is 0 Å². The Morgan fingerprint density at radius 2 is 1.72 bits per heavy atom. The van der Waals surface area contributed by atoms with E-state index in [2.05, 4.69) is 40.4 Å². The van der Waals surface area contributed by atoms with Gasteiger partial charge in [-0.2, -0.15) is 0 Å². The summed E-state index contributed by atoms with van der Waals surface area (Å²) in [6, 6.07) is -0.720. The van der Waals surface area contributed by atoms with Crippen LogP contribution in [-0.2, 0) is 14.0 Å². The van der Waals surface area contributed by atoms with E-state index in [-0.39, 0.29) is 24.0 Å². The van der Waals surface area contributed by atoms with Gasteiger partial charge in [0.15, 0.2) is 14.1 Å². The van der Waals surface area contributed by atoms with E-state index in [4.69, 9.17) is 9.16 Å². The maximum absolute atomic E-state index is 12.7. The first-order valence-electron chi connectivity index (χ1n) is 10.1. The Bertz CT molecular complexity index is 599. The molecular weight excluding hydrogens is 386 g/mol. The minimum absolute atomic E-state index is 0.0895. The van der Waals surface area contributed by atoms with Crippen molar-refractivity contribution in [3.63, 3.8) is 0 Å². The first-order valence-corrected chi connectivity index (χ1v) is 13.0. The SMILES string of the molecule is C=C(CCO[Si](C)(C)C(C)(C)C)[C@@H](CO)N(CC(=O)/C=C/C)C(=O)OC(C)(C)C. The average molecular weight is 428 g/mol. The number of carbonyl (C=O) groups excluding carboxylic acids is 2. The van der Waals surface area contributed by atoms with E-state index in [9.17, 15) is 14.7 Å². The van der Waals surface area contributed by atoms with Crippen molar-refractivity contribution in [2.75, 3.05) is 19.8 Å². The number of aliphatic hydroxyl groups excluding tert-OH is 1. The highest BCUT2D eigenvalue weighted by molar-refractivity contribution is 6.74. The summed E-state index contributed by atoms with van der Waals surface area (Å²) in [5.41, 5.74) is -0.0866. The maximum atomic E-state index is 12.7. The number of ketones is 1. The van der Waals surface area contributed by atoms with Gasteiger partial charge in [-0.1, -0.05) is 39.0 Å². The molecule has 0 bridgehead atoms. The Labute approximate surface area is 178 Å². The molecular formula is C22H41NO5Si. The topological polar surface area (TPSA) is 76.1 Å². The van der Waals surface area contributed by atoms with Crippen LogP contribution in [0.25, 0.3) is 0 Å². The third-order valence-electron chi connectivity index (χ3n) is 5.02. The molecule has 0 aliphatic heterocycles. The highest BCUT2D eigenvalue weighted by Gasteiger charge is 2.37. The molecule has 0 spiro atoms. The summed E-state index contributed by atoms with van der Waals surface area (Å²) >= 11 is 0. The monoisotopic (exact) mass is 427 g/mol. The summed E-state index contributed by atoms with van der Waals surface area (Å²) < 4.78 is 11.6. The lowest BCUT2D eigenvalue weighted by Crippen LogP contribution is -2.48. The zero-order valence-corrected chi connectivity index (χ0v) is 20.8. The summed E-state index contributed by atoms with van der Waals surface area (Å²) in [4.78, 5) is 26.1. The van der Waals surface area contributed by atoms with E-state index < -0.39 is 26.1 Å². The van der Waals surface area contributed by atoms with Gasteiger partial charge >= 0.3 is 6.09 Å². The molecule has 7 heteroatoms. The quantitative estimate of drug-likeness (QED) is 0.311. The fourth-order valence-corrected chi connectivity index (χ4v) is 3.34. The van der Waals surface area contributed by atoms with E-state index in [1.165, 1.54) is 11.0 Å². The minimum Gasteiger partial charge on any atom is -0.444 e. The van der Waals surface area contributed by atoms with Gasteiger partial charge in [0, 0.05) is 6.61 Å². The van der Waals surface area contributed by atoms with Gasteiger partial charge in [0.1, 0.15) is 5.60 Å². The van der Waals surface area contributed by atoms with Crippen molar-refractivity contribution in [2.24, 2.45) is 0 Å². The van der Waals surface area contributed by atoms with Gasteiger partial charge in [-0.3, -0.25) is 9.69 Å². The van der Waals surface area contributed by atoms with Crippen molar-refractivity contribution >= 4 is 20.2 Å². The fraction of sp³-hybridized carbons (Fsp3) is 0.727. The van der Waals surface area contributed by atoms with Crippen LogP contribution < -0.4 is 0 Å². The van der Waals surface area contributed by atoms with Gasteiger partial charge in [-0.05, 0) is 58.3 Å². The summed E-state index contributed by atoms with van der Waals surface area (Å²) in [7, 11) is -1.91. The van der Waals surface area contributed by atoms with Crippen LogP contribution in [0, 0.1) is 0 Å². The zero-order valence-electron chi connectivity index (χ0n) is 19.8. The van der Waals surface area contributed by atoms with Crippen LogP contribution in [0.2, 0.25) is 18.1 Å². The van der Waals surface area contributed by atoms with Gasteiger partial charge in [0.25, 0.3) is 0 Å². The molecule has 1 amide bonds. The number of carbonyl (C=O) groups is 2. The number of amides is 1. The molecule has 0 aromatic rings. The molecule has 0 unspecified atom stereocenters. The summed E-state index contributed by atoms with van der Waals surface area (Å²) in [6.07, 6.45) is 2.84. The molecule has 0 rings (SSSR count). The van der Waals surface area contributed by atoms with E-state index in [0.29, 0.717) is 18.6 Å². The molecule has 0 aliphatic carbocycles. The van der Waals surface area contributed by atoms with Gasteiger partial charge < -0.3 is 14.3 Å². The third-order valence-corrected chi connectivity index (χ3v) is 9.56. The zero-order chi connectivity index (χ0) is 23.0. The predicted octanol–water partition coefficient (Wildman–Crippen LogP) is 4.70. The molecule has 168 valence electrons. The van der Waals surface area contributed by atoms with Crippen molar-refractivity contribution in [3.05, 3.63) is 24.3 Å². The summed E-state index contributed by atoms with van der Waals surface area (Å²) in [5.74, 6) is -0.248. The fourth-order valence-electron chi connectivity index (χ4n) is 2.30. The van der Waals surface area contributed by atoms with Crippen molar-refractivity contribution < 1.29 is 23.9 Å². The highest BCUT2D eigenvalue weighted by atomic mass is 28.4. The molecule has 0 heterocycles. The number of rotatable bonds is 10. The molecule has 0 saturated heterocycles. The molecule has 0 radical (unpaired) electrons. The Morgan fingerprint density at radius 1 is 1.17 bits per heavy atom. The number of aliphatic hydroxyl groups is 1. The lowest BCUT2D eigenvalue weighted by Gasteiger charge is -2.37. The molecule has 29 heavy (non-hydrogen) atoms. The second kappa shape index (κ2) is 11.1. The molecule has 1 atom stereocenters. The molecule has 0 aromatic carbocycles. The predicted molar refractivity (Wildman–Crippen MR) is 121 cm³/mol. The summed E-state index contributed by atoms with van der Waals surface area (Å²) in [5, 5.41) is 10.1. The Morgan fingerprint density at radius 3 is 2.14 bits per heavy atom. The highest BCUT2D eigenvalue weighted by Crippen LogP contribution is 2.36. The lowest BCUT2D eigenvalue weighted by molar-refractivity contribution is -0.116. The number of hydrogen-bond acceptors (Lipinski definition) is 5. The molecule has 6 nitrogen and oxygen atoms in total. The molecule has 0 fully saturated rings. The number of ether oxygens (including phenoxy) is 1. The van der Waals surface area contributed by atoms with Gasteiger partial charge in [0.05, 0.1) is 19.2 Å². The number of allylic oxidation sites excluding steroid dienone is 1. The van der Waals surface area contributed by atoms with Crippen molar-refractivity contribution in [1.82, 2.24) is 4.90 Å². The van der Waals surface area contributed by atoms with Gasteiger partial charge in [-0.25, -0.2) is 4.79 Å². The van der Waals surface area contributed by atoms with Gasteiger partial charge in [-0.15, -0.1) is 0 Å². The van der Waals surface area contributed by atoms with Crippen LogP contribution in [0.4, 0.5) is 4.79 Å².